The number of aliphatic hydroxyl groups excluding tert-OH is 2. The highest BCUT2D eigenvalue weighted by Gasteiger charge is 2.57. The molecule has 24 heavy (non-hydrogen) atoms. The van der Waals surface area contributed by atoms with Gasteiger partial charge in [-0.3, -0.25) is 9.79 Å². The molecule has 1 aliphatic carbocycles. The minimum atomic E-state index is -1.03. The number of aliphatic imine (C=N–C) groups is 1. The molecule has 3 unspecified atom stereocenters. The molecule has 0 radical (unpaired) electrons. The van der Waals surface area contributed by atoms with Crippen LogP contribution in [0.5, 0.6) is 0 Å². The molecule has 130 valence electrons. The molecule has 2 heterocycles. The summed E-state index contributed by atoms with van der Waals surface area (Å²) in [6.07, 6.45) is 10.3. The summed E-state index contributed by atoms with van der Waals surface area (Å²) in [5, 5.41) is 18.2. The van der Waals surface area contributed by atoms with Crippen molar-refractivity contribution in [2.24, 2.45) is 10.9 Å². The number of esters is 1. The summed E-state index contributed by atoms with van der Waals surface area (Å²) in [5.74, 6) is -0.713. The lowest BCUT2D eigenvalue weighted by Crippen LogP contribution is -2.57. The van der Waals surface area contributed by atoms with Gasteiger partial charge in [-0.1, -0.05) is 6.08 Å². The number of aliphatic hydroxyl groups is 2. The quantitative estimate of drug-likeness (QED) is 0.448. The van der Waals surface area contributed by atoms with Gasteiger partial charge < -0.3 is 19.4 Å². The molecule has 3 aliphatic rings. The van der Waals surface area contributed by atoms with Crippen LogP contribution < -0.4 is 0 Å². The van der Waals surface area contributed by atoms with Crippen molar-refractivity contribution in [2.75, 3.05) is 33.9 Å². The highest BCUT2D eigenvalue weighted by molar-refractivity contribution is 5.79. The highest BCUT2D eigenvalue weighted by Crippen LogP contribution is 2.50. The zero-order valence-electron chi connectivity index (χ0n) is 14.2. The summed E-state index contributed by atoms with van der Waals surface area (Å²) in [5.41, 5.74) is 2.18. The van der Waals surface area contributed by atoms with Gasteiger partial charge in [0, 0.05) is 36.1 Å². The van der Waals surface area contributed by atoms with Gasteiger partial charge in [0.25, 0.3) is 0 Å². The van der Waals surface area contributed by atoms with E-state index in [9.17, 15) is 9.90 Å². The Balaban J connectivity index is 1.90. The van der Waals surface area contributed by atoms with Gasteiger partial charge in [-0.2, -0.15) is 0 Å². The number of hydrogen-bond acceptors (Lipinski definition) is 5. The Morgan fingerprint density at radius 3 is 3.04 bits per heavy atom. The molecule has 6 heteroatoms. The Hall–Kier alpha value is -1.76. The average molecular weight is 333 g/mol. The van der Waals surface area contributed by atoms with Crippen molar-refractivity contribution in [3.05, 3.63) is 35.6 Å². The normalized spacial score (nSPS) is 31.4. The number of rotatable bonds is 4. The summed E-state index contributed by atoms with van der Waals surface area (Å²) < 4.78 is 5.98. The van der Waals surface area contributed by atoms with Gasteiger partial charge in [0.1, 0.15) is 12.7 Å². The Bertz CT molecular complexity index is 647. The molecule has 0 aromatic rings. The van der Waals surface area contributed by atoms with Gasteiger partial charge in [0.2, 0.25) is 0 Å². The molecular weight excluding hydrogens is 308 g/mol. The molecular formula is C18H25N2O4+. The van der Waals surface area contributed by atoms with Gasteiger partial charge in [-0.05, 0) is 12.5 Å². The summed E-state index contributed by atoms with van der Waals surface area (Å²) in [6.45, 7) is 0.404. The number of allylic oxidation sites excluding steroid dienone is 1. The van der Waals surface area contributed by atoms with Gasteiger partial charge in [0.05, 0.1) is 33.2 Å². The monoisotopic (exact) mass is 333 g/mol. The summed E-state index contributed by atoms with van der Waals surface area (Å²) in [4.78, 5) is 16.6. The van der Waals surface area contributed by atoms with E-state index in [-0.39, 0.29) is 24.0 Å². The third kappa shape index (κ3) is 2.64. The molecule has 0 saturated carbocycles. The molecule has 0 bridgehead atoms. The minimum absolute atomic E-state index is 0.178. The van der Waals surface area contributed by atoms with E-state index in [4.69, 9.17) is 9.84 Å². The first kappa shape index (κ1) is 17.1. The molecule has 1 spiro atoms. The predicted octanol–water partition coefficient (Wildman–Crippen LogP) is 0.572. The third-order valence-corrected chi connectivity index (χ3v) is 5.41. The zero-order valence-corrected chi connectivity index (χ0v) is 14.2. The number of carbonyl (C=O) groups excluding carboxylic acids is 1. The van der Waals surface area contributed by atoms with Gasteiger partial charge in [0.15, 0.2) is 5.54 Å². The molecule has 2 N–H and O–H groups in total. The first-order valence-corrected chi connectivity index (χ1v) is 8.31. The molecule has 0 amide bonds. The zero-order chi connectivity index (χ0) is 17.4. The molecule has 2 aliphatic heterocycles. The van der Waals surface area contributed by atoms with Gasteiger partial charge in [-0.15, -0.1) is 0 Å². The number of nitrogens with zero attached hydrogens (tertiary/aromatic N) is 2. The van der Waals surface area contributed by atoms with Crippen molar-refractivity contribution in [1.82, 2.24) is 0 Å². The van der Waals surface area contributed by atoms with Crippen molar-refractivity contribution in [3.63, 3.8) is 0 Å². The first-order chi connectivity index (χ1) is 11.4. The van der Waals surface area contributed by atoms with Crippen LogP contribution in [0.3, 0.4) is 0 Å². The van der Waals surface area contributed by atoms with Crippen LogP contribution in [0.1, 0.15) is 12.8 Å². The van der Waals surface area contributed by atoms with Crippen LogP contribution in [-0.2, 0) is 9.53 Å². The SMILES string of the molecule is C[N+]1(C)CCC2=CC(C(=O)OCC(O)CO)CC3=CC=NC=CC231. The van der Waals surface area contributed by atoms with Crippen LogP contribution in [0.4, 0.5) is 0 Å². The first-order valence-electron chi connectivity index (χ1n) is 8.31. The van der Waals surface area contributed by atoms with E-state index in [0.717, 1.165) is 17.4 Å². The van der Waals surface area contributed by atoms with Gasteiger partial charge >= 0.3 is 5.97 Å². The fourth-order valence-corrected chi connectivity index (χ4v) is 4.09. The molecule has 1 fully saturated rings. The predicted molar refractivity (Wildman–Crippen MR) is 90.3 cm³/mol. The molecule has 0 aromatic carbocycles. The maximum absolute atomic E-state index is 12.4. The second kappa shape index (κ2) is 6.27. The molecule has 3 rings (SSSR count). The van der Waals surface area contributed by atoms with E-state index in [0.29, 0.717) is 6.42 Å². The number of likely N-dealkylation sites (tertiary alicyclic amines) is 1. The van der Waals surface area contributed by atoms with Crippen molar-refractivity contribution < 1.29 is 24.2 Å². The van der Waals surface area contributed by atoms with E-state index in [1.807, 2.05) is 18.4 Å². The van der Waals surface area contributed by atoms with Crippen molar-refractivity contribution in [2.45, 2.75) is 24.5 Å². The number of likely N-dealkylation sites (N-methyl/N-ethyl adjacent to an activating group) is 1. The molecule has 1 saturated heterocycles. The van der Waals surface area contributed by atoms with Crippen LogP contribution in [0, 0.1) is 5.92 Å². The van der Waals surface area contributed by atoms with E-state index < -0.39 is 12.7 Å². The van der Waals surface area contributed by atoms with E-state index in [1.54, 1.807) is 6.21 Å². The Labute approximate surface area is 142 Å². The lowest BCUT2D eigenvalue weighted by molar-refractivity contribution is -0.912. The summed E-state index contributed by atoms with van der Waals surface area (Å²) in [6, 6.07) is 0. The van der Waals surface area contributed by atoms with E-state index >= 15 is 0 Å². The average Bonchev–Trinajstić information content (AvgIpc) is 2.73. The number of carbonyl (C=O) groups is 1. The smallest absolute Gasteiger partial charge is 0.313 e. The lowest BCUT2D eigenvalue weighted by Gasteiger charge is -2.45. The van der Waals surface area contributed by atoms with Crippen LogP contribution in [-0.4, -0.2) is 72.4 Å². The Morgan fingerprint density at radius 2 is 2.29 bits per heavy atom. The summed E-state index contributed by atoms with van der Waals surface area (Å²) >= 11 is 0. The van der Waals surface area contributed by atoms with E-state index in [2.05, 4.69) is 25.2 Å². The van der Waals surface area contributed by atoms with Crippen LogP contribution in [0.2, 0.25) is 0 Å². The summed E-state index contributed by atoms with van der Waals surface area (Å²) in [7, 11) is 4.42. The van der Waals surface area contributed by atoms with Crippen molar-refractivity contribution in [3.8, 4) is 0 Å². The van der Waals surface area contributed by atoms with E-state index in [1.165, 1.54) is 11.1 Å². The second-order valence-corrected chi connectivity index (χ2v) is 7.20. The maximum atomic E-state index is 12.4. The molecule has 0 aromatic heterocycles. The largest absolute Gasteiger partial charge is 0.462 e. The maximum Gasteiger partial charge on any atom is 0.313 e. The fraction of sp³-hybridized carbons (Fsp3) is 0.556. The van der Waals surface area contributed by atoms with Crippen LogP contribution >= 0.6 is 0 Å². The topological polar surface area (TPSA) is 79.1 Å². The molecule has 6 nitrogen and oxygen atoms in total. The standard InChI is InChI=1S/C18H25N2O4/c1-20(2)8-4-15-10-13(17(23)24-12-16(22)11-21)9-14-3-6-19-7-5-18(14,15)20/h3,5-7,10,13,16,21-22H,4,8-9,11-12H2,1-2H3/q+1. The lowest BCUT2D eigenvalue weighted by atomic mass is 9.72. The van der Waals surface area contributed by atoms with Gasteiger partial charge in [-0.25, -0.2) is 0 Å². The van der Waals surface area contributed by atoms with Crippen molar-refractivity contribution in [1.29, 1.82) is 0 Å². The fourth-order valence-electron chi connectivity index (χ4n) is 4.09. The number of ether oxygens (including phenoxy) is 1. The highest BCUT2D eigenvalue weighted by atomic mass is 16.5. The minimum Gasteiger partial charge on any atom is -0.462 e. The Kier molecular flexibility index (Phi) is 4.46. The number of hydrogen-bond donors (Lipinski definition) is 2. The Morgan fingerprint density at radius 1 is 1.50 bits per heavy atom. The third-order valence-electron chi connectivity index (χ3n) is 5.41. The molecule has 3 atom stereocenters. The second-order valence-electron chi connectivity index (χ2n) is 7.20. The van der Waals surface area contributed by atoms with Crippen molar-refractivity contribution >= 4 is 12.2 Å². The number of quaternary nitrogens is 1. The van der Waals surface area contributed by atoms with Crippen LogP contribution in [0.25, 0.3) is 0 Å². The van der Waals surface area contributed by atoms with Crippen LogP contribution in [0.15, 0.2) is 40.6 Å².